The highest BCUT2D eigenvalue weighted by atomic mass is 35.5. The Kier molecular flexibility index (Phi) is 7.79. The lowest BCUT2D eigenvalue weighted by molar-refractivity contribution is -0.0440. The molecule has 3 atom stereocenters. The number of amides is 1. The summed E-state index contributed by atoms with van der Waals surface area (Å²) >= 11 is 6.26. The Morgan fingerprint density at radius 3 is 2.60 bits per heavy atom. The third kappa shape index (κ3) is 5.34. The first-order valence-electron chi connectivity index (χ1n) is 10.6. The van der Waals surface area contributed by atoms with Crippen LogP contribution in [0, 0.1) is 0 Å². The molecule has 1 aromatic carbocycles. The Balaban J connectivity index is 1.81. The van der Waals surface area contributed by atoms with Crippen LogP contribution in [-0.2, 0) is 19.5 Å². The summed E-state index contributed by atoms with van der Waals surface area (Å²) < 4.78 is 39.4. The van der Waals surface area contributed by atoms with Crippen LogP contribution in [0.4, 0.5) is 0 Å². The van der Waals surface area contributed by atoms with Gasteiger partial charge < -0.3 is 14.4 Å². The summed E-state index contributed by atoms with van der Waals surface area (Å²) in [5.41, 5.74) is 0.323. The van der Waals surface area contributed by atoms with E-state index in [9.17, 15) is 13.2 Å². The van der Waals surface area contributed by atoms with Crippen molar-refractivity contribution in [1.29, 1.82) is 0 Å². The molecule has 2 heterocycles. The molecule has 7 nitrogen and oxygen atoms in total. The first-order chi connectivity index (χ1) is 14.2. The van der Waals surface area contributed by atoms with Crippen molar-refractivity contribution < 1.29 is 22.7 Å². The number of ether oxygens (including phenoxy) is 2. The van der Waals surface area contributed by atoms with Crippen molar-refractivity contribution in [2.45, 2.75) is 63.2 Å². The van der Waals surface area contributed by atoms with Crippen LogP contribution in [0.1, 0.15) is 50.4 Å². The topological polar surface area (TPSA) is 76.2 Å². The van der Waals surface area contributed by atoms with Crippen molar-refractivity contribution in [2.24, 2.45) is 0 Å². The molecule has 1 amide bonds. The molecular weight excluding hydrogens is 428 g/mol. The molecule has 2 aliphatic rings. The summed E-state index contributed by atoms with van der Waals surface area (Å²) in [6, 6.07) is 4.48. The number of likely N-dealkylation sites (tertiary alicyclic amines) is 1. The molecule has 0 bridgehead atoms. The van der Waals surface area contributed by atoms with Crippen molar-refractivity contribution in [2.75, 3.05) is 32.8 Å². The fourth-order valence-electron chi connectivity index (χ4n) is 4.03. The average Bonchev–Trinajstić information content (AvgIpc) is 2.71. The highest BCUT2D eigenvalue weighted by molar-refractivity contribution is 7.89. The highest BCUT2D eigenvalue weighted by Gasteiger charge is 2.34. The molecule has 2 aliphatic heterocycles. The van der Waals surface area contributed by atoms with Gasteiger partial charge in [-0.2, -0.15) is 4.31 Å². The van der Waals surface area contributed by atoms with Gasteiger partial charge >= 0.3 is 0 Å². The van der Waals surface area contributed by atoms with E-state index < -0.39 is 10.0 Å². The molecule has 9 heteroatoms. The second-order valence-electron chi connectivity index (χ2n) is 8.11. The monoisotopic (exact) mass is 458 g/mol. The first-order valence-corrected chi connectivity index (χ1v) is 12.4. The molecule has 168 valence electrons. The van der Waals surface area contributed by atoms with Gasteiger partial charge in [-0.1, -0.05) is 18.5 Å². The smallest absolute Gasteiger partial charge is 0.253 e. The van der Waals surface area contributed by atoms with Gasteiger partial charge in [0.15, 0.2) is 0 Å². The van der Waals surface area contributed by atoms with Gasteiger partial charge in [0.25, 0.3) is 5.91 Å². The lowest BCUT2D eigenvalue weighted by Crippen LogP contribution is -2.48. The van der Waals surface area contributed by atoms with Crippen LogP contribution in [0.5, 0.6) is 0 Å². The van der Waals surface area contributed by atoms with Gasteiger partial charge in [0.05, 0.1) is 23.3 Å². The summed E-state index contributed by atoms with van der Waals surface area (Å²) in [6.45, 7) is 8.06. The number of sulfonamides is 1. The molecular formula is C21H31ClN2O5S. The van der Waals surface area contributed by atoms with Gasteiger partial charge in [-0.15, -0.1) is 0 Å². The number of morpholine rings is 1. The molecule has 30 heavy (non-hydrogen) atoms. The zero-order chi connectivity index (χ0) is 21.9. The van der Waals surface area contributed by atoms with Crippen molar-refractivity contribution in [1.82, 2.24) is 9.21 Å². The van der Waals surface area contributed by atoms with Crippen LogP contribution in [0.2, 0.25) is 5.02 Å². The quantitative estimate of drug-likeness (QED) is 0.654. The third-order valence-electron chi connectivity index (χ3n) is 5.41. The number of carbonyl (C=O) groups is 1. The lowest BCUT2D eigenvalue weighted by Gasteiger charge is -2.35. The third-order valence-corrected chi connectivity index (χ3v) is 7.72. The van der Waals surface area contributed by atoms with E-state index in [-0.39, 0.29) is 47.2 Å². The van der Waals surface area contributed by atoms with Crippen molar-refractivity contribution in [3.63, 3.8) is 0 Å². The molecule has 0 saturated carbocycles. The standard InChI is InChI=1S/C21H31ClN2O5S/c1-4-10-28-18-6-5-9-23(14-18)21(25)17-7-8-19(22)20(11-17)30(26,27)24-12-15(2)29-16(3)13-24/h7-8,11,15-16,18H,4-6,9-10,12-14H2,1-3H3. The van der Waals surface area contributed by atoms with Crippen LogP contribution >= 0.6 is 11.6 Å². The van der Waals surface area contributed by atoms with Crippen LogP contribution in [0.3, 0.4) is 0 Å². The molecule has 0 aromatic heterocycles. The predicted molar refractivity (Wildman–Crippen MR) is 115 cm³/mol. The van der Waals surface area contributed by atoms with Crippen LogP contribution < -0.4 is 0 Å². The summed E-state index contributed by atoms with van der Waals surface area (Å²) in [4.78, 5) is 14.8. The van der Waals surface area contributed by atoms with E-state index in [2.05, 4.69) is 6.92 Å². The van der Waals surface area contributed by atoms with Gasteiger partial charge in [0.1, 0.15) is 4.90 Å². The van der Waals surface area contributed by atoms with Gasteiger partial charge in [-0.05, 0) is 51.3 Å². The van der Waals surface area contributed by atoms with E-state index in [0.717, 1.165) is 19.3 Å². The Hall–Kier alpha value is -1.19. The number of rotatable bonds is 6. The molecule has 2 saturated heterocycles. The molecule has 0 radical (unpaired) electrons. The number of piperidine rings is 1. The van der Waals surface area contributed by atoms with Crippen molar-refractivity contribution in [3.05, 3.63) is 28.8 Å². The Morgan fingerprint density at radius 1 is 1.23 bits per heavy atom. The highest BCUT2D eigenvalue weighted by Crippen LogP contribution is 2.29. The number of hydrogen-bond donors (Lipinski definition) is 0. The Bertz CT molecular complexity index is 853. The Labute approximate surface area is 184 Å². The molecule has 1 aromatic rings. The summed E-state index contributed by atoms with van der Waals surface area (Å²) in [5.74, 6) is -0.198. The van der Waals surface area contributed by atoms with Crippen molar-refractivity contribution >= 4 is 27.5 Å². The Morgan fingerprint density at radius 2 is 1.93 bits per heavy atom. The van der Waals surface area contributed by atoms with E-state index in [4.69, 9.17) is 21.1 Å². The average molecular weight is 459 g/mol. The van der Waals surface area contributed by atoms with Gasteiger partial charge in [0.2, 0.25) is 10.0 Å². The van der Waals surface area contributed by atoms with E-state index in [0.29, 0.717) is 25.3 Å². The van der Waals surface area contributed by atoms with Crippen molar-refractivity contribution in [3.8, 4) is 0 Å². The molecule has 2 fully saturated rings. The molecule has 3 rings (SSSR count). The maximum atomic E-state index is 13.3. The fraction of sp³-hybridized carbons (Fsp3) is 0.667. The minimum atomic E-state index is -3.84. The summed E-state index contributed by atoms with van der Waals surface area (Å²) in [5, 5.41) is 0.112. The summed E-state index contributed by atoms with van der Waals surface area (Å²) in [7, 11) is -3.84. The molecule has 3 unspecified atom stereocenters. The zero-order valence-corrected chi connectivity index (χ0v) is 19.4. The second-order valence-corrected chi connectivity index (χ2v) is 10.4. The number of carbonyl (C=O) groups excluding carboxylic acids is 1. The molecule has 0 spiro atoms. The summed E-state index contributed by atoms with van der Waals surface area (Å²) in [6.07, 6.45) is 2.33. The van der Waals surface area contributed by atoms with Gasteiger partial charge in [-0.25, -0.2) is 8.42 Å². The fourth-order valence-corrected chi connectivity index (χ4v) is 6.12. The van der Waals surface area contributed by atoms with Crippen LogP contribution in [0.25, 0.3) is 0 Å². The van der Waals surface area contributed by atoms with E-state index in [1.165, 1.54) is 16.4 Å². The number of nitrogens with zero attached hydrogens (tertiary/aromatic N) is 2. The van der Waals surface area contributed by atoms with E-state index in [1.54, 1.807) is 11.0 Å². The minimum Gasteiger partial charge on any atom is -0.376 e. The molecule has 0 aliphatic carbocycles. The van der Waals surface area contributed by atoms with E-state index in [1.807, 2.05) is 13.8 Å². The first kappa shape index (κ1) is 23.5. The normalized spacial score (nSPS) is 26.0. The maximum Gasteiger partial charge on any atom is 0.253 e. The minimum absolute atomic E-state index is 0.0227. The SMILES string of the molecule is CCCOC1CCCN(C(=O)c2ccc(Cl)c(S(=O)(=O)N3CC(C)OC(C)C3)c2)C1. The number of benzene rings is 1. The second kappa shape index (κ2) is 9.96. The molecule has 0 N–H and O–H groups in total. The lowest BCUT2D eigenvalue weighted by atomic mass is 10.1. The predicted octanol–water partition coefficient (Wildman–Crippen LogP) is 3.17. The number of halogens is 1. The van der Waals surface area contributed by atoms with Gasteiger partial charge in [0, 0.05) is 38.3 Å². The maximum absolute atomic E-state index is 13.3. The van der Waals surface area contributed by atoms with Crippen LogP contribution in [-0.4, -0.2) is 74.6 Å². The van der Waals surface area contributed by atoms with E-state index >= 15 is 0 Å². The van der Waals surface area contributed by atoms with Crippen LogP contribution in [0.15, 0.2) is 23.1 Å². The number of hydrogen-bond acceptors (Lipinski definition) is 5. The largest absolute Gasteiger partial charge is 0.376 e. The van der Waals surface area contributed by atoms with Gasteiger partial charge in [-0.3, -0.25) is 4.79 Å². The zero-order valence-electron chi connectivity index (χ0n) is 17.8.